The molecule has 0 amide bonds. The fourth-order valence-electron chi connectivity index (χ4n) is 2.59. The molecular weight excluding hydrogens is 218 g/mol. The van der Waals surface area contributed by atoms with Crippen molar-refractivity contribution in [2.75, 3.05) is 19.7 Å². The summed E-state index contributed by atoms with van der Waals surface area (Å²) in [5, 5.41) is 7.42. The highest BCUT2D eigenvalue weighted by molar-refractivity contribution is 5.08. The number of ether oxygens (including phenoxy) is 1. The van der Waals surface area contributed by atoms with E-state index < -0.39 is 0 Å². The molecule has 3 heterocycles. The van der Waals surface area contributed by atoms with Crippen molar-refractivity contribution >= 4 is 0 Å². The third-order valence-corrected chi connectivity index (χ3v) is 3.79. The number of rotatable bonds is 3. The van der Waals surface area contributed by atoms with Gasteiger partial charge in [0.1, 0.15) is 0 Å². The predicted octanol–water partition coefficient (Wildman–Crippen LogP) is 1.04. The zero-order valence-corrected chi connectivity index (χ0v) is 10.2. The highest BCUT2D eigenvalue weighted by atomic mass is 16.5. The van der Waals surface area contributed by atoms with E-state index in [9.17, 15) is 0 Å². The first-order valence-electron chi connectivity index (χ1n) is 6.42. The van der Waals surface area contributed by atoms with Gasteiger partial charge in [-0.15, -0.1) is 0 Å². The first-order chi connectivity index (χ1) is 8.26. The molecule has 2 aliphatic heterocycles. The molecule has 5 nitrogen and oxygen atoms in total. The van der Waals surface area contributed by atoms with Crippen LogP contribution in [-0.4, -0.2) is 35.9 Å². The molecule has 2 saturated heterocycles. The minimum atomic E-state index is 0.0157. The summed E-state index contributed by atoms with van der Waals surface area (Å²) in [6.45, 7) is 5.00. The standard InChI is InChI=1S/C12H19N3O2/c1-12(4-5-13-8-12)11-14-10(15-17-11)7-9-3-2-6-16-9/h9,13H,2-8H2,1H3. The molecule has 0 aliphatic carbocycles. The quantitative estimate of drug-likeness (QED) is 0.851. The van der Waals surface area contributed by atoms with E-state index in [1.807, 2.05) is 0 Å². The molecule has 1 aromatic rings. The van der Waals surface area contributed by atoms with Gasteiger partial charge >= 0.3 is 0 Å². The second-order valence-corrected chi connectivity index (χ2v) is 5.34. The summed E-state index contributed by atoms with van der Waals surface area (Å²) in [6, 6.07) is 0. The van der Waals surface area contributed by atoms with Crippen molar-refractivity contribution in [2.24, 2.45) is 0 Å². The van der Waals surface area contributed by atoms with E-state index in [0.29, 0.717) is 0 Å². The third kappa shape index (κ3) is 2.21. The maximum absolute atomic E-state index is 5.58. The molecule has 1 aromatic heterocycles. The lowest BCUT2D eigenvalue weighted by Gasteiger charge is -2.16. The van der Waals surface area contributed by atoms with Gasteiger partial charge in [0, 0.05) is 19.6 Å². The van der Waals surface area contributed by atoms with Crippen LogP contribution in [-0.2, 0) is 16.6 Å². The van der Waals surface area contributed by atoms with Crippen LogP contribution in [0.25, 0.3) is 0 Å². The number of aromatic nitrogens is 2. The minimum absolute atomic E-state index is 0.0157. The van der Waals surface area contributed by atoms with Crippen LogP contribution in [0.15, 0.2) is 4.52 Å². The average molecular weight is 237 g/mol. The van der Waals surface area contributed by atoms with Gasteiger partial charge in [0.2, 0.25) is 5.89 Å². The van der Waals surface area contributed by atoms with Crippen LogP contribution >= 0.6 is 0 Å². The van der Waals surface area contributed by atoms with Gasteiger partial charge < -0.3 is 14.6 Å². The Morgan fingerprint density at radius 1 is 1.53 bits per heavy atom. The Bertz CT molecular complexity index is 379. The number of nitrogens with one attached hydrogen (secondary N) is 1. The molecule has 0 aromatic carbocycles. The second kappa shape index (κ2) is 4.38. The summed E-state index contributed by atoms with van der Waals surface area (Å²) in [5.41, 5.74) is 0.0157. The van der Waals surface area contributed by atoms with E-state index in [-0.39, 0.29) is 11.5 Å². The molecule has 0 radical (unpaired) electrons. The molecule has 3 rings (SSSR count). The molecule has 2 aliphatic rings. The summed E-state index contributed by atoms with van der Waals surface area (Å²) < 4.78 is 11.0. The Balaban J connectivity index is 1.69. The topological polar surface area (TPSA) is 60.2 Å². The molecule has 2 unspecified atom stereocenters. The van der Waals surface area contributed by atoms with E-state index in [2.05, 4.69) is 22.4 Å². The monoisotopic (exact) mass is 237 g/mol. The average Bonchev–Trinajstić information content (AvgIpc) is 3.00. The molecule has 17 heavy (non-hydrogen) atoms. The van der Waals surface area contributed by atoms with E-state index in [1.165, 1.54) is 0 Å². The molecule has 2 fully saturated rings. The third-order valence-electron chi connectivity index (χ3n) is 3.79. The molecule has 2 atom stereocenters. The first kappa shape index (κ1) is 11.2. The maximum Gasteiger partial charge on any atom is 0.233 e. The van der Waals surface area contributed by atoms with Gasteiger partial charge in [-0.1, -0.05) is 5.16 Å². The molecule has 1 N–H and O–H groups in total. The summed E-state index contributed by atoms with van der Waals surface area (Å²) in [4.78, 5) is 4.53. The largest absolute Gasteiger partial charge is 0.378 e. The molecule has 94 valence electrons. The van der Waals surface area contributed by atoms with Gasteiger partial charge in [-0.2, -0.15) is 4.98 Å². The Labute approximate surface area is 101 Å². The van der Waals surface area contributed by atoms with E-state index in [1.54, 1.807) is 0 Å². The number of hydrogen-bond donors (Lipinski definition) is 1. The fourth-order valence-corrected chi connectivity index (χ4v) is 2.59. The van der Waals surface area contributed by atoms with Crippen molar-refractivity contribution in [3.63, 3.8) is 0 Å². The predicted molar refractivity (Wildman–Crippen MR) is 61.8 cm³/mol. The van der Waals surface area contributed by atoms with Crippen LogP contribution in [0.4, 0.5) is 0 Å². The zero-order valence-electron chi connectivity index (χ0n) is 10.2. The normalized spacial score (nSPS) is 33.4. The fraction of sp³-hybridized carbons (Fsp3) is 0.833. The lowest BCUT2D eigenvalue weighted by atomic mass is 9.90. The number of hydrogen-bond acceptors (Lipinski definition) is 5. The van der Waals surface area contributed by atoms with Gasteiger partial charge in [0.15, 0.2) is 5.82 Å². The lowest BCUT2D eigenvalue weighted by Crippen LogP contribution is -2.25. The molecule has 0 bridgehead atoms. The lowest BCUT2D eigenvalue weighted by molar-refractivity contribution is 0.109. The molecule has 0 saturated carbocycles. The van der Waals surface area contributed by atoms with E-state index in [0.717, 1.165) is 57.1 Å². The van der Waals surface area contributed by atoms with Gasteiger partial charge in [-0.3, -0.25) is 0 Å². The van der Waals surface area contributed by atoms with Crippen LogP contribution in [0.5, 0.6) is 0 Å². The van der Waals surface area contributed by atoms with Crippen molar-refractivity contribution in [1.82, 2.24) is 15.5 Å². The van der Waals surface area contributed by atoms with Crippen LogP contribution in [0.1, 0.15) is 37.9 Å². The summed E-state index contributed by atoms with van der Waals surface area (Å²) in [5.74, 6) is 1.57. The van der Waals surface area contributed by atoms with Gasteiger partial charge in [0.05, 0.1) is 11.5 Å². The van der Waals surface area contributed by atoms with Crippen molar-refractivity contribution < 1.29 is 9.26 Å². The smallest absolute Gasteiger partial charge is 0.233 e. The molecular formula is C12H19N3O2. The second-order valence-electron chi connectivity index (χ2n) is 5.34. The zero-order chi connectivity index (χ0) is 11.7. The van der Waals surface area contributed by atoms with E-state index >= 15 is 0 Å². The highest BCUT2D eigenvalue weighted by Crippen LogP contribution is 2.28. The molecule has 0 spiro atoms. The van der Waals surface area contributed by atoms with Crippen molar-refractivity contribution in [1.29, 1.82) is 0 Å². The Morgan fingerprint density at radius 3 is 3.18 bits per heavy atom. The Kier molecular flexibility index (Phi) is 2.88. The minimum Gasteiger partial charge on any atom is -0.378 e. The summed E-state index contributed by atoms with van der Waals surface area (Å²) >= 11 is 0. The van der Waals surface area contributed by atoms with Crippen molar-refractivity contribution in [2.45, 2.75) is 44.1 Å². The van der Waals surface area contributed by atoms with Crippen LogP contribution < -0.4 is 5.32 Å². The number of nitrogens with zero attached hydrogens (tertiary/aromatic N) is 2. The summed E-state index contributed by atoms with van der Waals surface area (Å²) in [7, 11) is 0. The van der Waals surface area contributed by atoms with Crippen molar-refractivity contribution in [3.8, 4) is 0 Å². The van der Waals surface area contributed by atoms with Crippen LogP contribution in [0.2, 0.25) is 0 Å². The summed E-state index contributed by atoms with van der Waals surface area (Å²) in [6.07, 6.45) is 4.40. The Morgan fingerprint density at radius 2 is 2.47 bits per heavy atom. The van der Waals surface area contributed by atoms with Gasteiger partial charge in [-0.05, 0) is 32.7 Å². The van der Waals surface area contributed by atoms with Gasteiger partial charge in [-0.25, -0.2) is 0 Å². The maximum atomic E-state index is 5.58. The molecule has 5 heteroatoms. The van der Waals surface area contributed by atoms with Crippen LogP contribution in [0, 0.1) is 0 Å². The van der Waals surface area contributed by atoms with Crippen molar-refractivity contribution in [3.05, 3.63) is 11.7 Å². The Hall–Kier alpha value is -0.940. The SMILES string of the molecule is CC1(c2nc(CC3CCCO3)no2)CCNC1. The van der Waals surface area contributed by atoms with Gasteiger partial charge in [0.25, 0.3) is 0 Å². The first-order valence-corrected chi connectivity index (χ1v) is 6.42. The van der Waals surface area contributed by atoms with Crippen LogP contribution in [0.3, 0.4) is 0 Å². The highest BCUT2D eigenvalue weighted by Gasteiger charge is 2.36. The van der Waals surface area contributed by atoms with E-state index in [4.69, 9.17) is 9.26 Å².